The summed E-state index contributed by atoms with van der Waals surface area (Å²) in [5, 5.41) is 11.4. The van der Waals surface area contributed by atoms with E-state index in [1.807, 2.05) is 39.6 Å². The lowest BCUT2D eigenvalue weighted by molar-refractivity contribution is -0.138. The zero-order valence-electron chi connectivity index (χ0n) is 22.6. The molecule has 1 aliphatic heterocycles. The van der Waals surface area contributed by atoms with Crippen LogP contribution >= 0.6 is 0 Å². The van der Waals surface area contributed by atoms with Crippen LogP contribution in [0.5, 0.6) is 0 Å². The number of alkyl halides is 3. The number of nitrogens with zero attached hydrogens (tertiary/aromatic N) is 5. The Morgan fingerprint density at radius 3 is 2.27 bits per heavy atom. The van der Waals surface area contributed by atoms with Crippen molar-refractivity contribution in [3.8, 4) is 17.2 Å². The summed E-state index contributed by atoms with van der Waals surface area (Å²) in [6.45, 7) is 8.90. The van der Waals surface area contributed by atoms with Gasteiger partial charge < -0.3 is 15.2 Å². The fourth-order valence-electron chi connectivity index (χ4n) is 4.36. The fraction of sp³-hybridized carbons (Fsp3) is 0.370. The van der Waals surface area contributed by atoms with Gasteiger partial charge >= 0.3 is 6.18 Å². The van der Waals surface area contributed by atoms with Crippen molar-refractivity contribution in [2.75, 3.05) is 30.4 Å². The number of halogens is 4. The highest BCUT2D eigenvalue weighted by Crippen LogP contribution is 2.37. The Kier molecular flexibility index (Phi) is 9.26. The van der Waals surface area contributed by atoms with Crippen molar-refractivity contribution >= 4 is 17.3 Å². The van der Waals surface area contributed by atoms with Crippen molar-refractivity contribution in [1.82, 2.24) is 19.9 Å². The predicted octanol–water partition coefficient (Wildman–Crippen LogP) is 4.67. The Morgan fingerprint density at radius 1 is 1.12 bits per heavy atom. The number of hydrogen-bond acceptors (Lipinski definition) is 7. The van der Waals surface area contributed by atoms with Gasteiger partial charge in [0.2, 0.25) is 11.4 Å². The van der Waals surface area contributed by atoms with Crippen LogP contribution in [0, 0.1) is 17.1 Å². The minimum atomic E-state index is -4.96. The van der Waals surface area contributed by atoms with Gasteiger partial charge in [0.1, 0.15) is 11.9 Å². The maximum Gasteiger partial charge on any atom is 0.417 e. The number of anilines is 2. The lowest BCUT2D eigenvalue weighted by atomic mass is 10.0. The van der Waals surface area contributed by atoms with Crippen LogP contribution in [0.4, 0.5) is 28.9 Å². The average Bonchev–Trinajstić information content (AvgIpc) is 2.92. The van der Waals surface area contributed by atoms with E-state index in [1.54, 1.807) is 6.07 Å². The molecule has 2 aromatic heterocycles. The SMILES string of the molecule is CC.C[C@@H]1CN(c2cc(F)c(-c3cnc(C#N)nc3)cc2NC(=O)c2c[nH]c(=O)cc2C(F)(F)F)C[C@H](C)N1C. The van der Waals surface area contributed by atoms with E-state index in [2.05, 4.69) is 25.2 Å². The van der Waals surface area contributed by atoms with E-state index in [4.69, 9.17) is 5.26 Å². The fourth-order valence-corrected chi connectivity index (χ4v) is 4.36. The number of nitriles is 1. The van der Waals surface area contributed by atoms with Crippen molar-refractivity contribution in [2.24, 2.45) is 0 Å². The molecular weight excluding hydrogens is 530 g/mol. The summed E-state index contributed by atoms with van der Waals surface area (Å²) >= 11 is 0. The number of piperazine rings is 1. The van der Waals surface area contributed by atoms with Gasteiger partial charge in [0.05, 0.1) is 22.5 Å². The van der Waals surface area contributed by atoms with Gasteiger partial charge in [0, 0.05) is 61.0 Å². The molecule has 0 unspecified atom stereocenters. The van der Waals surface area contributed by atoms with Gasteiger partial charge in [-0.25, -0.2) is 14.4 Å². The van der Waals surface area contributed by atoms with Crippen LogP contribution in [-0.2, 0) is 6.18 Å². The molecule has 1 aliphatic rings. The first-order valence-electron chi connectivity index (χ1n) is 12.5. The molecule has 1 aromatic carbocycles. The zero-order valence-corrected chi connectivity index (χ0v) is 22.6. The summed E-state index contributed by atoms with van der Waals surface area (Å²) in [5.74, 6) is -1.94. The van der Waals surface area contributed by atoms with Crippen molar-refractivity contribution in [2.45, 2.75) is 46.0 Å². The number of amides is 1. The van der Waals surface area contributed by atoms with Gasteiger partial charge in [-0.2, -0.15) is 18.4 Å². The maximum atomic E-state index is 15.4. The van der Waals surface area contributed by atoms with E-state index in [1.165, 1.54) is 24.5 Å². The second-order valence-corrected chi connectivity index (χ2v) is 9.10. The molecule has 40 heavy (non-hydrogen) atoms. The maximum absolute atomic E-state index is 15.4. The molecule has 4 rings (SSSR count). The summed E-state index contributed by atoms with van der Waals surface area (Å²) in [4.78, 5) is 38.4. The first-order valence-corrected chi connectivity index (χ1v) is 12.5. The molecule has 212 valence electrons. The van der Waals surface area contributed by atoms with Crippen LogP contribution in [-0.4, -0.2) is 58.0 Å². The molecule has 13 heteroatoms. The highest BCUT2D eigenvalue weighted by molar-refractivity contribution is 6.07. The molecule has 0 bridgehead atoms. The van der Waals surface area contributed by atoms with Gasteiger partial charge in [-0.05, 0) is 33.0 Å². The first kappa shape index (κ1) is 30.2. The lowest BCUT2D eigenvalue weighted by Gasteiger charge is -2.44. The van der Waals surface area contributed by atoms with Crippen molar-refractivity contribution in [1.29, 1.82) is 5.26 Å². The van der Waals surface area contributed by atoms with Crippen LogP contribution < -0.4 is 15.8 Å². The number of nitrogens with one attached hydrogen (secondary N) is 2. The standard InChI is InChI=1S/C25H23F4N7O2.C2H6/c1-13-11-36(12-14(2)35(13)3)21-6-19(26)16(15-8-31-22(7-30)32-9-15)4-20(21)34-24(38)17-10-33-23(37)5-18(17)25(27,28)29;1-2/h4-6,8-10,13-14H,11-12H2,1-3H3,(H,33,37)(H,34,38);1-2H3/t13-,14+;. The number of likely N-dealkylation sites (N-methyl/N-ethyl adjacent to an activating group) is 1. The number of aromatic nitrogens is 3. The summed E-state index contributed by atoms with van der Waals surface area (Å²) in [7, 11) is 1.96. The Morgan fingerprint density at radius 2 is 1.73 bits per heavy atom. The number of aromatic amines is 1. The smallest absolute Gasteiger partial charge is 0.367 e. The highest BCUT2D eigenvalue weighted by atomic mass is 19.4. The molecule has 3 heterocycles. The average molecular weight is 560 g/mol. The van der Waals surface area contributed by atoms with Crippen LogP contribution in [0.2, 0.25) is 0 Å². The molecule has 1 fully saturated rings. The summed E-state index contributed by atoms with van der Waals surface area (Å²) < 4.78 is 56.2. The number of rotatable bonds is 4. The molecule has 0 spiro atoms. The first-order chi connectivity index (χ1) is 18.9. The van der Waals surface area contributed by atoms with Crippen molar-refractivity contribution in [3.05, 3.63) is 69.9 Å². The van der Waals surface area contributed by atoms with E-state index in [-0.39, 0.29) is 40.4 Å². The van der Waals surface area contributed by atoms with Gasteiger partial charge in [-0.3, -0.25) is 14.5 Å². The number of carbonyl (C=O) groups excluding carboxylic acids is 1. The molecule has 3 aromatic rings. The van der Waals surface area contributed by atoms with E-state index < -0.39 is 34.6 Å². The van der Waals surface area contributed by atoms with Crippen LogP contribution in [0.3, 0.4) is 0 Å². The minimum Gasteiger partial charge on any atom is -0.367 e. The molecule has 2 N–H and O–H groups in total. The topological polar surface area (TPSA) is 118 Å². The largest absolute Gasteiger partial charge is 0.417 e. The second kappa shape index (κ2) is 12.3. The third-order valence-electron chi connectivity index (χ3n) is 6.57. The van der Waals surface area contributed by atoms with Gasteiger partial charge in [0.15, 0.2) is 0 Å². The zero-order chi connectivity index (χ0) is 29.8. The molecule has 0 saturated carbocycles. The number of H-pyrrole nitrogens is 1. The van der Waals surface area contributed by atoms with E-state index in [0.29, 0.717) is 25.4 Å². The van der Waals surface area contributed by atoms with Gasteiger partial charge in [-0.1, -0.05) is 13.8 Å². The monoisotopic (exact) mass is 559 g/mol. The summed E-state index contributed by atoms with van der Waals surface area (Å²) in [6.07, 6.45) is -1.79. The summed E-state index contributed by atoms with van der Waals surface area (Å²) in [5.41, 5.74) is -2.71. The second-order valence-electron chi connectivity index (χ2n) is 9.10. The Labute approximate surface area is 228 Å². The van der Waals surface area contributed by atoms with Crippen molar-refractivity contribution in [3.63, 3.8) is 0 Å². The van der Waals surface area contributed by atoms with Gasteiger partial charge in [-0.15, -0.1) is 0 Å². The molecule has 0 radical (unpaired) electrons. The molecular formula is C27H29F4N7O2. The number of benzene rings is 1. The quantitative estimate of drug-likeness (QED) is 0.446. The Balaban J connectivity index is 0.00000216. The molecule has 0 aliphatic carbocycles. The molecule has 2 atom stereocenters. The predicted molar refractivity (Wildman–Crippen MR) is 142 cm³/mol. The molecule has 1 saturated heterocycles. The normalized spacial score (nSPS) is 17.4. The third kappa shape index (κ3) is 6.45. The Hall–Kier alpha value is -4.31. The Bertz CT molecular complexity index is 1450. The molecule has 9 nitrogen and oxygen atoms in total. The summed E-state index contributed by atoms with van der Waals surface area (Å²) in [6, 6.07) is 4.69. The number of hydrogen-bond donors (Lipinski definition) is 2. The van der Waals surface area contributed by atoms with E-state index >= 15 is 4.39 Å². The van der Waals surface area contributed by atoms with Crippen LogP contribution in [0.1, 0.15) is 49.4 Å². The van der Waals surface area contributed by atoms with Crippen molar-refractivity contribution < 1.29 is 22.4 Å². The number of pyridine rings is 1. The van der Waals surface area contributed by atoms with E-state index in [9.17, 15) is 22.8 Å². The minimum absolute atomic E-state index is 0.0266. The third-order valence-corrected chi connectivity index (χ3v) is 6.57. The molecule has 1 amide bonds. The van der Waals surface area contributed by atoms with E-state index in [0.717, 1.165) is 0 Å². The van der Waals surface area contributed by atoms with Gasteiger partial charge in [0.25, 0.3) is 5.91 Å². The number of carbonyl (C=O) groups is 1. The highest BCUT2D eigenvalue weighted by Gasteiger charge is 2.36. The van der Waals surface area contributed by atoms with Crippen LogP contribution in [0.15, 0.2) is 41.6 Å². The van der Waals surface area contributed by atoms with Crippen LogP contribution in [0.25, 0.3) is 11.1 Å². The lowest BCUT2D eigenvalue weighted by Crippen LogP contribution is -2.55.